The van der Waals surface area contributed by atoms with Gasteiger partial charge < -0.3 is 9.84 Å². The third-order valence-corrected chi connectivity index (χ3v) is 4.08. The maximum absolute atomic E-state index is 13.4. The zero-order chi connectivity index (χ0) is 17.4. The molecule has 0 bridgehead atoms. The zero-order valence-corrected chi connectivity index (χ0v) is 14.1. The number of anilines is 1. The summed E-state index contributed by atoms with van der Waals surface area (Å²) in [5, 5.41) is 14.3. The summed E-state index contributed by atoms with van der Waals surface area (Å²) >= 11 is 17.7. The minimum atomic E-state index is -4.97. The highest BCUT2D eigenvalue weighted by molar-refractivity contribution is 6.41. The number of nitrogens with zero attached hydrogens (tertiary/aromatic N) is 2. The second-order valence-corrected chi connectivity index (χ2v) is 6.18. The minimum absolute atomic E-state index is 0.119. The summed E-state index contributed by atoms with van der Waals surface area (Å²) in [6.45, 7) is 0.169. The average Bonchev–Trinajstić information content (AvgIpc) is 2.73. The summed E-state index contributed by atoms with van der Waals surface area (Å²) in [5.41, 5.74) is -3.38. The van der Waals surface area contributed by atoms with E-state index in [0.29, 0.717) is 5.01 Å². The van der Waals surface area contributed by atoms with Gasteiger partial charge in [0.25, 0.3) is 5.72 Å². The van der Waals surface area contributed by atoms with Gasteiger partial charge in [-0.25, -0.2) is 5.01 Å². The largest absolute Gasteiger partial charge is 0.438 e. The SMILES string of the molecule is COCCC1=NN(c2c(Cl)cc(Cl)cc2Cl)[C@@](O)(C(F)(F)F)C1. The number of halogens is 6. The molecule has 2 rings (SSSR count). The third kappa shape index (κ3) is 3.53. The molecule has 0 fully saturated rings. The van der Waals surface area contributed by atoms with E-state index < -0.39 is 18.3 Å². The lowest BCUT2D eigenvalue weighted by Crippen LogP contribution is -2.55. The normalized spacial score (nSPS) is 21.7. The molecule has 0 spiro atoms. The highest BCUT2D eigenvalue weighted by Gasteiger charge is 2.62. The van der Waals surface area contributed by atoms with Crippen LogP contribution in [0, 0.1) is 0 Å². The summed E-state index contributed by atoms with van der Waals surface area (Å²) in [5.74, 6) is 0. The van der Waals surface area contributed by atoms with Gasteiger partial charge in [0.1, 0.15) is 5.69 Å². The van der Waals surface area contributed by atoms with Gasteiger partial charge in [-0.3, -0.25) is 0 Å². The number of hydrogen-bond donors (Lipinski definition) is 1. The van der Waals surface area contributed by atoms with Gasteiger partial charge in [0.05, 0.1) is 16.7 Å². The molecule has 0 unspecified atom stereocenters. The Hall–Kier alpha value is -0.730. The van der Waals surface area contributed by atoms with Crippen LogP contribution in [0.1, 0.15) is 12.8 Å². The number of alkyl halides is 3. The molecule has 128 valence electrons. The smallest absolute Gasteiger partial charge is 0.384 e. The van der Waals surface area contributed by atoms with E-state index in [1.165, 1.54) is 19.2 Å². The van der Waals surface area contributed by atoms with E-state index in [-0.39, 0.29) is 39.5 Å². The molecule has 0 aliphatic carbocycles. The topological polar surface area (TPSA) is 45.1 Å². The van der Waals surface area contributed by atoms with Gasteiger partial charge in [0, 0.05) is 30.7 Å². The highest BCUT2D eigenvalue weighted by Crippen LogP contribution is 2.48. The van der Waals surface area contributed by atoms with E-state index in [0.717, 1.165) is 0 Å². The van der Waals surface area contributed by atoms with Crippen LogP contribution in [0.2, 0.25) is 15.1 Å². The van der Waals surface area contributed by atoms with Gasteiger partial charge in [-0.2, -0.15) is 18.3 Å². The number of aliphatic hydroxyl groups is 1. The Morgan fingerprint density at radius 1 is 1.30 bits per heavy atom. The molecule has 0 saturated heterocycles. The summed E-state index contributed by atoms with van der Waals surface area (Å²) in [6.07, 6.45) is -5.57. The predicted molar refractivity (Wildman–Crippen MR) is 83.5 cm³/mol. The maximum atomic E-state index is 13.4. The molecule has 1 atom stereocenters. The van der Waals surface area contributed by atoms with E-state index in [9.17, 15) is 18.3 Å². The first-order chi connectivity index (χ1) is 10.6. The molecule has 10 heteroatoms. The number of hydrogen-bond acceptors (Lipinski definition) is 4. The highest BCUT2D eigenvalue weighted by atomic mass is 35.5. The van der Waals surface area contributed by atoms with Crippen LogP contribution in [0.3, 0.4) is 0 Å². The van der Waals surface area contributed by atoms with Crippen molar-refractivity contribution in [1.82, 2.24) is 0 Å². The van der Waals surface area contributed by atoms with Crippen molar-refractivity contribution in [1.29, 1.82) is 0 Å². The summed E-state index contributed by atoms with van der Waals surface area (Å²) in [4.78, 5) is 0. The molecule has 0 saturated carbocycles. The summed E-state index contributed by atoms with van der Waals surface area (Å²) in [6, 6.07) is 2.45. The zero-order valence-electron chi connectivity index (χ0n) is 11.8. The fourth-order valence-corrected chi connectivity index (χ4v) is 3.15. The number of ether oxygens (including phenoxy) is 1. The number of methoxy groups -OCH3 is 1. The first-order valence-corrected chi connectivity index (χ1v) is 7.52. The predicted octanol–water partition coefficient (Wildman–Crippen LogP) is 4.50. The Morgan fingerprint density at radius 3 is 2.35 bits per heavy atom. The first kappa shape index (κ1) is 18.6. The average molecular weight is 392 g/mol. The van der Waals surface area contributed by atoms with Crippen molar-refractivity contribution in [3.05, 3.63) is 27.2 Å². The molecule has 4 nitrogen and oxygen atoms in total. The van der Waals surface area contributed by atoms with Crippen molar-refractivity contribution in [3.63, 3.8) is 0 Å². The molecule has 1 aliphatic heterocycles. The lowest BCUT2D eigenvalue weighted by atomic mass is 10.0. The Kier molecular flexibility index (Phi) is 5.37. The van der Waals surface area contributed by atoms with E-state index >= 15 is 0 Å². The lowest BCUT2D eigenvalue weighted by Gasteiger charge is -2.34. The molecule has 0 aromatic heterocycles. The van der Waals surface area contributed by atoms with E-state index in [2.05, 4.69) is 5.10 Å². The van der Waals surface area contributed by atoms with Crippen LogP contribution in [0.15, 0.2) is 17.2 Å². The number of hydrazone groups is 1. The lowest BCUT2D eigenvalue weighted by molar-refractivity contribution is -0.254. The number of rotatable bonds is 4. The fraction of sp³-hybridized carbons (Fsp3) is 0.462. The van der Waals surface area contributed by atoms with Crippen molar-refractivity contribution >= 4 is 46.2 Å². The van der Waals surface area contributed by atoms with Gasteiger partial charge >= 0.3 is 6.18 Å². The molecule has 1 heterocycles. The molecule has 1 aromatic rings. The van der Waals surface area contributed by atoms with Crippen molar-refractivity contribution in [2.75, 3.05) is 18.7 Å². The molecule has 0 amide bonds. The Bertz CT molecular complexity index is 616. The molecule has 1 aliphatic rings. The van der Waals surface area contributed by atoms with Gasteiger partial charge in [-0.1, -0.05) is 34.8 Å². The van der Waals surface area contributed by atoms with Crippen LogP contribution in [0.25, 0.3) is 0 Å². The van der Waals surface area contributed by atoms with Crippen molar-refractivity contribution in [2.24, 2.45) is 5.10 Å². The van der Waals surface area contributed by atoms with Crippen LogP contribution in [0.5, 0.6) is 0 Å². The van der Waals surface area contributed by atoms with Crippen LogP contribution in [-0.4, -0.2) is 36.4 Å². The fourth-order valence-electron chi connectivity index (χ4n) is 2.17. The van der Waals surface area contributed by atoms with Crippen LogP contribution in [-0.2, 0) is 4.74 Å². The quantitative estimate of drug-likeness (QED) is 0.822. The minimum Gasteiger partial charge on any atom is -0.384 e. The first-order valence-electron chi connectivity index (χ1n) is 6.39. The van der Waals surface area contributed by atoms with Gasteiger partial charge in [0.2, 0.25) is 0 Å². The van der Waals surface area contributed by atoms with E-state index in [1.54, 1.807) is 0 Å². The summed E-state index contributed by atoms with van der Waals surface area (Å²) < 4.78 is 45.1. The van der Waals surface area contributed by atoms with Crippen LogP contribution in [0.4, 0.5) is 18.9 Å². The monoisotopic (exact) mass is 390 g/mol. The van der Waals surface area contributed by atoms with Crippen molar-refractivity contribution in [3.8, 4) is 0 Å². The molecule has 1 aromatic carbocycles. The van der Waals surface area contributed by atoms with Gasteiger partial charge in [-0.05, 0) is 12.1 Å². The van der Waals surface area contributed by atoms with E-state index in [4.69, 9.17) is 39.5 Å². The van der Waals surface area contributed by atoms with Gasteiger partial charge in [0.15, 0.2) is 0 Å². The van der Waals surface area contributed by atoms with Crippen molar-refractivity contribution < 1.29 is 23.0 Å². The standard InChI is InChI=1S/C13H12Cl3F3N2O2/c1-23-3-2-8-6-12(22,13(17,18)19)21(20-8)11-9(15)4-7(14)5-10(11)16/h4-5,22H,2-3,6H2,1H3/t12-/m0/s1. The number of benzene rings is 1. The molecule has 23 heavy (non-hydrogen) atoms. The summed E-state index contributed by atoms with van der Waals surface area (Å²) in [7, 11) is 1.41. The second kappa shape index (κ2) is 6.64. The molecule has 0 radical (unpaired) electrons. The van der Waals surface area contributed by atoms with Crippen molar-refractivity contribution in [2.45, 2.75) is 24.7 Å². The Morgan fingerprint density at radius 2 is 1.87 bits per heavy atom. The van der Waals surface area contributed by atoms with Crippen LogP contribution >= 0.6 is 34.8 Å². The second-order valence-electron chi connectivity index (χ2n) is 4.93. The molecular formula is C13H12Cl3F3N2O2. The van der Waals surface area contributed by atoms with Gasteiger partial charge in [-0.15, -0.1) is 0 Å². The maximum Gasteiger partial charge on any atom is 0.438 e. The Balaban J connectivity index is 2.53. The third-order valence-electron chi connectivity index (χ3n) is 3.28. The molecule has 1 N–H and O–H groups in total. The van der Waals surface area contributed by atoms with E-state index in [1.807, 2.05) is 0 Å². The Labute approximate surface area is 145 Å². The van der Waals surface area contributed by atoms with Crippen LogP contribution < -0.4 is 5.01 Å². The molecular weight excluding hydrogens is 380 g/mol.